The van der Waals surface area contributed by atoms with E-state index < -0.39 is 138 Å². The molecule has 0 radical (unpaired) electrons. The third-order valence-corrected chi connectivity index (χ3v) is 10.2. The molecule has 0 heterocycles. The van der Waals surface area contributed by atoms with Crippen molar-refractivity contribution in [2.75, 3.05) is 6.54 Å². The number of hydrogen-bond donors (Lipinski definition) is 14. The van der Waals surface area contributed by atoms with Crippen molar-refractivity contribution in [3.8, 4) is 5.75 Å². The number of nitrogens with one attached hydrogen (secondary N) is 7. The minimum atomic E-state index is -1.96. The van der Waals surface area contributed by atoms with E-state index in [9.17, 15) is 68.4 Å². The smallest absolute Gasteiger partial charge is 0.326 e. The van der Waals surface area contributed by atoms with Gasteiger partial charge in [0.1, 0.15) is 48.0 Å². The van der Waals surface area contributed by atoms with E-state index in [1.807, 2.05) is 5.32 Å². The van der Waals surface area contributed by atoms with Crippen molar-refractivity contribution in [3.05, 3.63) is 29.8 Å². The second-order valence-corrected chi connectivity index (χ2v) is 16.0. The van der Waals surface area contributed by atoms with Gasteiger partial charge in [0.15, 0.2) is 0 Å². The van der Waals surface area contributed by atoms with E-state index in [0.29, 0.717) is 24.8 Å². The summed E-state index contributed by atoms with van der Waals surface area (Å²) in [6.07, 6.45) is -2.37. The van der Waals surface area contributed by atoms with Gasteiger partial charge in [-0.3, -0.25) is 43.2 Å². The lowest BCUT2D eigenvalue weighted by molar-refractivity contribution is -0.148. The summed E-state index contributed by atoms with van der Waals surface area (Å²) < 4.78 is 0. The Kier molecular flexibility index (Phi) is 24.1. The van der Waals surface area contributed by atoms with Gasteiger partial charge in [-0.05, 0) is 75.6 Å². The van der Waals surface area contributed by atoms with Crippen molar-refractivity contribution in [2.24, 2.45) is 23.3 Å². The standard InChI is InChI=1S/C41H65N9O15/c1-7-20(4)32(49-40(63)33(22(6)51)50-35(58)25(43)16-23-11-13-24(52)14-12-23)39(62)45-26(10-8-9-15-42)36(59)44-21(5)34(57)48-31(19(2)3)38(61)46-27(17-29(53)54)37(60)47-28(41(64)65)18-30(55)56/h11-14,19-22,25-28,31-33,51-52H,7-10,15-18,42-43H2,1-6H3,(H,44,59)(H,45,62)(H,46,61)(H,47,60)(H,48,57)(H,49,63)(H,50,58)(H,53,54)(H,55,56)(H,64,65)/t20-,21-,22+,25-,26-,27-,28-,31-,32-,33-/m0/s1. The average molecular weight is 924 g/mol. The number of carbonyl (C=O) groups excluding carboxylic acids is 7. The fourth-order valence-corrected chi connectivity index (χ4v) is 6.10. The molecule has 16 N–H and O–H groups in total. The lowest BCUT2D eigenvalue weighted by Crippen LogP contribution is -2.62. The minimum Gasteiger partial charge on any atom is -0.508 e. The molecule has 0 aromatic heterocycles. The van der Waals surface area contributed by atoms with Crippen LogP contribution in [-0.2, 0) is 54.4 Å². The summed E-state index contributed by atoms with van der Waals surface area (Å²) in [5, 5.41) is 64.2. The van der Waals surface area contributed by atoms with E-state index >= 15 is 0 Å². The minimum absolute atomic E-state index is 0.00958. The van der Waals surface area contributed by atoms with Crippen LogP contribution in [0.25, 0.3) is 0 Å². The van der Waals surface area contributed by atoms with Crippen LogP contribution in [0.4, 0.5) is 0 Å². The van der Waals surface area contributed by atoms with Gasteiger partial charge in [0, 0.05) is 0 Å². The molecule has 1 aromatic carbocycles. The van der Waals surface area contributed by atoms with Crippen molar-refractivity contribution < 1.29 is 73.5 Å². The number of aliphatic hydroxyl groups excluding tert-OH is 1. The van der Waals surface area contributed by atoms with Crippen molar-refractivity contribution in [1.82, 2.24) is 37.2 Å². The fraction of sp³-hybridized carbons (Fsp3) is 0.610. The number of carboxylic acids is 3. The molecule has 65 heavy (non-hydrogen) atoms. The van der Waals surface area contributed by atoms with Gasteiger partial charge in [0.2, 0.25) is 41.4 Å². The van der Waals surface area contributed by atoms with E-state index in [1.54, 1.807) is 26.0 Å². The molecule has 0 aliphatic heterocycles. The number of benzene rings is 1. The van der Waals surface area contributed by atoms with Gasteiger partial charge in [-0.2, -0.15) is 0 Å². The van der Waals surface area contributed by atoms with E-state index in [0.717, 1.165) is 0 Å². The van der Waals surface area contributed by atoms with Crippen LogP contribution in [0, 0.1) is 11.8 Å². The quantitative estimate of drug-likeness (QED) is 0.0354. The zero-order valence-corrected chi connectivity index (χ0v) is 37.3. The largest absolute Gasteiger partial charge is 0.508 e. The lowest BCUT2D eigenvalue weighted by Gasteiger charge is -2.30. The summed E-state index contributed by atoms with van der Waals surface area (Å²) >= 11 is 0. The Labute approximate surface area is 375 Å². The highest BCUT2D eigenvalue weighted by atomic mass is 16.4. The number of rotatable bonds is 29. The number of carbonyl (C=O) groups is 10. The van der Waals surface area contributed by atoms with Crippen LogP contribution in [0.15, 0.2) is 24.3 Å². The predicted molar refractivity (Wildman–Crippen MR) is 230 cm³/mol. The third kappa shape index (κ3) is 19.9. The maximum atomic E-state index is 13.9. The van der Waals surface area contributed by atoms with Gasteiger partial charge >= 0.3 is 17.9 Å². The maximum absolute atomic E-state index is 13.9. The van der Waals surface area contributed by atoms with Gasteiger partial charge in [-0.25, -0.2) is 4.79 Å². The first-order chi connectivity index (χ1) is 30.3. The Bertz CT molecular complexity index is 1830. The molecular weight excluding hydrogens is 858 g/mol. The summed E-state index contributed by atoms with van der Waals surface area (Å²) in [7, 11) is 0. The molecule has 0 spiro atoms. The highest BCUT2D eigenvalue weighted by Crippen LogP contribution is 2.13. The van der Waals surface area contributed by atoms with Crippen molar-refractivity contribution >= 4 is 59.3 Å². The number of amides is 7. The summed E-state index contributed by atoms with van der Waals surface area (Å²) in [5.41, 5.74) is 12.3. The second kappa shape index (κ2) is 27.7. The van der Waals surface area contributed by atoms with Crippen LogP contribution in [0.5, 0.6) is 5.75 Å². The number of phenols is 1. The van der Waals surface area contributed by atoms with Crippen LogP contribution < -0.4 is 48.7 Å². The Balaban J connectivity index is 3.20. The number of aromatic hydroxyl groups is 1. The Morgan fingerprint density at radius 1 is 0.585 bits per heavy atom. The third-order valence-electron chi connectivity index (χ3n) is 10.2. The normalized spacial score (nSPS) is 15.7. The number of nitrogens with two attached hydrogens (primary N) is 2. The molecule has 0 fully saturated rings. The Hall–Kier alpha value is -6.40. The molecule has 0 saturated heterocycles. The molecule has 1 aromatic rings. The number of aliphatic carboxylic acids is 3. The molecule has 24 nitrogen and oxygen atoms in total. The lowest BCUT2D eigenvalue weighted by atomic mass is 9.96. The number of aliphatic hydroxyl groups is 1. The second-order valence-electron chi connectivity index (χ2n) is 16.0. The summed E-state index contributed by atoms with van der Waals surface area (Å²) in [6.45, 7) is 9.13. The number of hydrogen-bond acceptors (Lipinski definition) is 14. The van der Waals surface area contributed by atoms with Gasteiger partial charge < -0.3 is 74.2 Å². The maximum Gasteiger partial charge on any atom is 0.326 e. The predicted octanol–water partition coefficient (Wildman–Crippen LogP) is -3.08. The molecule has 24 heteroatoms. The summed E-state index contributed by atoms with van der Waals surface area (Å²) in [6, 6.07) is -6.05. The van der Waals surface area contributed by atoms with Crippen molar-refractivity contribution in [3.63, 3.8) is 0 Å². The summed E-state index contributed by atoms with van der Waals surface area (Å²) in [5.74, 6) is -12.8. The van der Waals surface area contributed by atoms with Crippen molar-refractivity contribution in [1.29, 1.82) is 0 Å². The molecule has 0 bridgehead atoms. The first kappa shape index (κ1) is 56.6. The first-order valence-electron chi connectivity index (χ1n) is 21.0. The first-order valence-corrected chi connectivity index (χ1v) is 21.0. The number of unbranched alkanes of at least 4 members (excludes halogenated alkanes) is 1. The number of phenolic OH excluding ortho intramolecular Hbond substituents is 1. The van der Waals surface area contributed by atoms with Gasteiger partial charge in [-0.1, -0.05) is 46.2 Å². The van der Waals surface area contributed by atoms with E-state index in [2.05, 4.69) is 31.9 Å². The van der Waals surface area contributed by atoms with Gasteiger partial charge in [-0.15, -0.1) is 0 Å². The van der Waals surface area contributed by atoms with Crippen LogP contribution >= 0.6 is 0 Å². The van der Waals surface area contributed by atoms with Crippen LogP contribution in [-0.4, -0.2) is 146 Å². The molecule has 364 valence electrons. The average Bonchev–Trinajstić information content (AvgIpc) is 3.22. The highest BCUT2D eigenvalue weighted by molar-refractivity contribution is 5.98. The zero-order chi connectivity index (χ0) is 49.7. The van der Waals surface area contributed by atoms with Crippen LogP contribution in [0.3, 0.4) is 0 Å². The van der Waals surface area contributed by atoms with E-state index in [1.165, 1.54) is 39.8 Å². The zero-order valence-electron chi connectivity index (χ0n) is 37.3. The molecule has 7 amide bonds. The monoisotopic (exact) mass is 923 g/mol. The van der Waals surface area contributed by atoms with Crippen LogP contribution in [0.1, 0.15) is 85.6 Å². The fourth-order valence-electron chi connectivity index (χ4n) is 6.10. The van der Waals surface area contributed by atoms with Crippen molar-refractivity contribution in [2.45, 2.75) is 141 Å². The molecule has 10 atom stereocenters. The molecule has 0 saturated carbocycles. The van der Waals surface area contributed by atoms with E-state index in [4.69, 9.17) is 16.6 Å². The molecule has 1 rings (SSSR count). The molecule has 0 unspecified atom stereocenters. The van der Waals surface area contributed by atoms with Gasteiger partial charge in [0.05, 0.1) is 25.0 Å². The van der Waals surface area contributed by atoms with Gasteiger partial charge in [0.25, 0.3) is 0 Å². The molecule has 0 aliphatic rings. The Morgan fingerprint density at radius 3 is 1.57 bits per heavy atom. The molecular formula is C41H65N9O15. The topological polar surface area (TPSA) is 408 Å². The van der Waals surface area contributed by atoms with E-state index in [-0.39, 0.29) is 25.1 Å². The Morgan fingerprint density at radius 2 is 1.06 bits per heavy atom. The molecule has 0 aliphatic carbocycles. The SMILES string of the molecule is CC[C@H](C)[C@H](NC(=O)[C@@H](NC(=O)[C@@H](N)Cc1ccc(O)cc1)[C@@H](C)O)C(=O)N[C@@H](CCCCN)C(=O)N[C@@H](C)C(=O)N[C@H](C(=O)N[C@@H](CC(=O)O)C(=O)N[C@@H](CC(=O)O)C(=O)O)C(C)C. The number of carboxylic acid groups (broad SMARTS) is 3. The van der Waals surface area contributed by atoms with Crippen LogP contribution in [0.2, 0.25) is 0 Å². The highest BCUT2D eigenvalue weighted by Gasteiger charge is 2.37. The summed E-state index contributed by atoms with van der Waals surface area (Å²) in [4.78, 5) is 128.